The Hall–Kier alpha value is -2.77. The fourth-order valence-corrected chi connectivity index (χ4v) is 1.94. The second-order valence-electron chi connectivity index (χ2n) is 4.69. The number of aliphatic carboxylic acids is 1. The van der Waals surface area contributed by atoms with Gasteiger partial charge < -0.3 is 9.63 Å². The molecule has 0 saturated carbocycles. The molecule has 8 heteroatoms. The molecular formula is C13H13N3O5. The number of aromatic nitrogens is 2. The second kappa shape index (κ2) is 6.12. The summed E-state index contributed by atoms with van der Waals surface area (Å²) < 4.78 is 5.03. The first kappa shape index (κ1) is 14.6. The van der Waals surface area contributed by atoms with Crippen LogP contribution in [0.2, 0.25) is 0 Å². The normalized spacial score (nSPS) is 12.0. The van der Waals surface area contributed by atoms with Crippen LogP contribution >= 0.6 is 0 Å². The van der Waals surface area contributed by atoms with Crippen LogP contribution in [0, 0.1) is 16.0 Å². The highest BCUT2D eigenvalue weighted by atomic mass is 16.6. The second-order valence-corrected chi connectivity index (χ2v) is 4.69. The Bertz CT molecular complexity index is 667. The number of hydrogen-bond donors (Lipinski definition) is 1. The summed E-state index contributed by atoms with van der Waals surface area (Å²) in [5, 5.41) is 23.4. The van der Waals surface area contributed by atoms with Crippen molar-refractivity contribution < 1.29 is 19.3 Å². The summed E-state index contributed by atoms with van der Waals surface area (Å²) in [6.45, 7) is 1.75. The third-order valence-corrected chi connectivity index (χ3v) is 2.86. The van der Waals surface area contributed by atoms with E-state index in [2.05, 4.69) is 10.1 Å². The molecule has 21 heavy (non-hydrogen) atoms. The molecule has 1 heterocycles. The van der Waals surface area contributed by atoms with Gasteiger partial charge in [-0.25, -0.2) is 0 Å². The first-order valence-electron chi connectivity index (χ1n) is 6.25. The third kappa shape index (κ3) is 3.62. The van der Waals surface area contributed by atoms with Crippen molar-refractivity contribution >= 4 is 11.7 Å². The van der Waals surface area contributed by atoms with Crippen LogP contribution in [0.4, 0.5) is 5.69 Å². The first-order chi connectivity index (χ1) is 9.97. The number of carbonyl (C=O) groups is 1. The smallest absolute Gasteiger partial charge is 0.303 e. The van der Waals surface area contributed by atoms with Crippen molar-refractivity contribution in [3.8, 4) is 11.4 Å². The lowest BCUT2D eigenvalue weighted by Crippen LogP contribution is -2.07. The van der Waals surface area contributed by atoms with Gasteiger partial charge in [0, 0.05) is 18.9 Å². The van der Waals surface area contributed by atoms with Gasteiger partial charge in [-0.3, -0.25) is 14.9 Å². The molecule has 0 bridgehead atoms. The number of nitrogens with zero attached hydrogens (tertiary/aromatic N) is 3. The number of carboxylic acid groups (broad SMARTS) is 1. The summed E-state index contributed by atoms with van der Waals surface area (Å²) in [5.74, 6) is -0.681. The van der Waals surface area contributed by atoms with Crippen LogP contribution in [0.5, 0.6) is 0 Å². The number of hydrogen-bond acceptors (Lipinski definition) is 6. The zero-order valence-corrected chi connectivity index (χ0v) is 11.2. The van der Waals surface area contributed by atoms with Gasteiger partial charge in [0.1, 0.15) is 5.56 Å². The Morgan fingerprint density at radius 1 is 1.48 bits per heavy atom. The van der Waals surface area contributed by atoms with E-state index in [9.17, 15) is 14.9 Å². The molecule has 2 rings (SSSR count). The predicted molar refractivity (Wildman–Crippen MR) is 71.5 cm³/mol. The zero-order chi connectivity index (χ0) is 15.4. The lowest BCUT2D eigenvalue weighted by atomic mass is 10.0. The van der Waals surface area contributed by atoms with Crippen molar-refractivity contribution in [3.05, 3.63) is 40.3 Å². The van der Waals surface area contributed by atoms with Crippen molar-refractivity contribution in [2.75, 3.05) is 0 Å². The van der Waals surface area contributed by atoms with Gasteiger partial charge >= 0.3 is 5.97 Å². The Labute approximate surface area is 119 Å². The Morgan fingerprint density at radius 3 is 2.86 bits per heavy atom. The molecule has 1 unspecified atom stereocenters. The minimum Gasteiger partial charge on any atom is -0.481 e. The fourth-order valence-electron chi connectivity index (χ4n) is 1.94. The van der Waals surface area contributed by atoms with Gasteiger partial charge in [-0.05, 0) is 12.0 Å². The molecule has 0 aliphatic rings. The summed E-state index contributed by atoms with van der Waals surface area (Å²) in [6.07, 6.45) is 0.295. The molecule has 110 valence electrons. The van der Waals surface area contributed by atoms with Gasteiger partial charge in [0.05, 0.1) is 4.92 Å². The van der Waals surface area contributed by atoms with Crippen LogP contribution in [-0.4, -0.2) is 26.1 Å². The van der Waals surface area contributed by atoms with Crippen molar-refractivity contribution in [2.24, 2.45) is 5.92 Å². The van der Waals surface area contributed by atoms with Crippen LogP contribution in [0.3, 0.4) is 0 Å². The van der Waals surface area contributed by atoms with Crippen molar-refractivity contribution in [2.45, 2.75) is 19.8 Å². The Morgan fingerprint density at radius 2 is 2.19 bits per heavy atom. The van der Waals surface area contributed by atoms with Crippen molar-refractivity contribution in [3.63, 3.8) is 0 Å². The minimum atomic E-state index is -0.902. The Balaban J connectivity index is 2.21. The number of nitro benzene ring substituents is 1. The van der Waals surface area contributed by atoms with E-state index in [1.54, 1.807) is 19.1 Å². The molecule has 1 aromatic heterocycles. The molecule has 0 aliphatic carbocycles. The van der Waals surface area contributed by atoms with Gasteiger partial charge in [0.15, 0.2) is 0 Å². The SMILES string of the molecule is CC(CC(=O)O)Cc1nc(-c2ccccc2[N+](=O)[O-])no1. The molecule has 0 amide bonds. The van der Waals surface area contributed by atoms with Crippen LogP contribution in [-0.2, 0) is 11.2 Å². The standard InChI is InChI=1S/C13H13N3O5/c1-8(7-12(17)18)6-11-14-13(15-21-11)9-4-2-3-5-10(9)16(19)20/h2-5,8H,6-7H2,1H3,(H,17,18). The van der Waals surface area contributed by atoms with Crippen molar-refractivity contribution in [1.82, 2.24) is 10.1 Å². The summed E-state index contributed by atoms with van der Waals surface area (Å²) in [7, 11) is 0. The van der Waals surface area contributed by atoms with E-state index in [1.165, 1.54) is 12.1 Å². The maximum absolute atomic E-state index is 11.0. The van der Waals surface area contributed by atoms with Crippen LogP contribution in [0.25, 0.3) is 11.4 Å². The zero-order valence-electron chi connectivity index (χ0n) is 11.2. The van der Waals surface area contributed by atoms with Gasteiger partial charge in [-0.15, -0.1) is 0 Å². The van der Waals surface area contributed by atoms with E-state index in [4.69, 9.17) is 9.63 Å². The molecule has 8 nitrogen and oxygen atoms in total. The molecule has 2 aromatic rings. The summed E-state index contributed by atoms with van der Waals surface area (Å²) >= 11 is 0. The van der Waals surface area contributed by atoms with Crippen LogP contribution in [0.1, 0.15) is 19.2 Å². The highest BCUT2D eigenvalue weighted by Crippen LogP contribution is 2.27. The summed E-state index contributed by atoms with van der Waals surface area (Å²) in [6, 6.07) is 6.09. The molecule has 0 fully saturated rings. The summed E-state index contributed by atoms with van der Waals surface area (Å²) in [4.78, 5) is 25.1. The van der Waals surface area contributed by atoms with E-state index in [0.29, 0.717) is 6.42 Å². The maximum Gasteiger partial charge on any atom is 0.303 e. The largest absolute Gasteiger partial charge is 0.481 e. The highest BCUT2D eigenvalue weighted by Gasteiger charge is 2.20. The van der Waals surface area contributed by atoms with E-state index in [-0.39, 0.29) is 35.3 Å². The summed E-state index contributed by atoms with van der Waals surface area (Å²) in [5.41, 5.74) is 0.159. The highest BCUT2D eigenvalue weighted by molar-refractivity contribution is 5.67. The van der Waals surface area contributed by atoms with Gasteiger partial charge in [-0.1, -0.05) is 24.2 Å². The molecule has 0 aliphatic heterocycles. The van der Waals surface area contributed by atoms with Gasteiger partial charge in [-0.2, -0.15) is 4.98 Å². The average Bonchev–Trinajstić information content (AvgIpc) is 2.85. The van der Waals surface area contributed by atoms with Gasteiger partial charge in [0.25, 0.3) is 5.69 Å². The maximum atomic E-state index is 11.0. The van der Waals surface area contributed by atoms with E-state index >= 15 is 0 Å². The molecule has 1 aromatic carbocycles. The molecule has 0 radical (unpaired) electrons. The lowest BCUT2D eigenvalue weighted by molar-refractivity contribution is -0.384. The number of carboxylic acids is 1. The van der Waals surface area contributed by atoms with E-state index in [0.717, 1.165) is 0 Å². The monoisotopic (exact) mass is 291 g/mol. The van der Waals surface area contributed by atoms with Crippen LogP contribution in [0.15, 0.2) is 28.8 Å². The molecule has 1 atom stereocenters. The third-order valence-electron chi connectivity index (χ3n) is 2.86. The molecule has 0 saturated heterocycles. The molecule has 1 N–H and O–H groups in total. The number of nitro groups is 1. The number of benzene rings is 1. The van der Waals surface area contributed by atoms with E-state index < -0.39 is 10.9 Å². The molecule has 0 spiro atoms. The predicted octanol–water partition coefficient (Wildman–Crippen LogP) is 2.30. The molecular weight excluding hydrogens is 278 g/mol. The van der Waals surface area contributed by atoms with E-state index in [1.807, 2.05) is 0 Å². The lowest BCUT2D eigenvalue weighted by Gasteiger charge is -2.03. The van der Waals surface area contributed by atoms with Crippen molar-refractivity contribution in [1.29, 1.82) is 0 Å². The fraction of sp³-hybridized carbons (Fsp3) is 0.308. The van der Waals surface area contributed by atoms with Gasteiger partial charge in [0.2, 0.25) is 11.7 Å². The van der Waals surface area contributed by atoms with Crippen LogP contribution < -0.4 is 0 Å². The minimum absolute atomic E-state index is 0.0107. The Kier molecular flexibility index (Phi) is 4.27. The topological polar surface area (TPSA) is 119 Å². The quantitative estimate of drug-likeness (QED) is 0.640. The average molecular weight is 291 g/mol. The number of rotatable bonds is 6. The number of para-hydroxylation sites is 1. The first-order valence-corrected chi connectivity index (χ1v) is 6.25.